The second-order valence-corrected chi connectivity index (χ2v) is 5.35. The molecule has 1 aromatic carbocycles. The van der Waals surface area contributed by atoms with Gasteiger partial charge in [0.25, 0.3) is 0 Å². The highest BCUT2D eigenvalue weighted by Crippen LogP contribution is 2.26. The zero-order chi connectivity index (χ0) is 12.8. The van der Waals surface area contributed by atoms with Crippen LogP contribution >= 0.6 is 11.6 Å². The van der Waals surface area contributed by atoms with Crippen LogP contribution in [-0.2, 0) is 10.7 Å². The van der Waals surface area contributed by atoms with Crippen molar-refractivity contribution in [3.8, 4) is 0 Å². The number of carbonyl (C=O) groups is 1. The molecule has 0 heterocycles. The molecular formula is C15H20ClNO. The topological polar surface area (TPSA) is 29.1 Å². The van der Waals surface area contributed by atoms with Crippen LogP contribution in [0.15, 0.2) is 24.3 Å². The van der Waals surface area contributed by atoms with Gasteiger partial charge in [0.15, 0.2) is 0 Å². The molecule has 3 heteroatoms. The third-order valence-electron chi connectivity index (χ3n) is 3.59. The van der Waals surface area contributed by atoms with Gasteiger partial charge in [-0.2, -0.15) is 0 Å². The number of carbonyl (C=O) groups excluding carboxylic acids is 1. The van der Waals surface area contributed by atoms with E-state index in [4.69, 9.17) is 11.6 Å². The monoisotopic (exact) mass is 265 g/mol. The van der Waals surface area contributed by atoms with Gasteiger partial charge >= 0.3 is 0 Å². The predicted molar refractivity (Wildman–Crippen MR) is 75.8 cm³/mol. The lowest BCUT2D eigenvalue weighted by atomic mass is 9.87. The van der Waals surface area contributed by atoms with E-state index in [-0.39, 0.29) is 5.91 Å². The van der Waals surface area contributed by atoms with Crippen LogP contribution < -0.4 is 5.32 Å². The van der Waals surface area contributed by atoms with Crippen LogP contribution in [0.4, 0.5) is 5.69 Å². The molecule has 98 valence electrons. The van der Waals surface area contributed by atoms with Gasteiger partial charge in [-0.1, -0.05) is 31.4 Å². The van der Waals surface area contributed by atoms with E-state index in [1.165, 1.54) is 32.1 Å². The lowest BCUT2D eigenvalue weighted by molar-refractivity contribution is -0.117. The first kappa shape index (κ1) is 13.4. The van der Waals surface area contributed by atoms with Gasteiger partial charge in [0.05, 0.1) is 0 Å². The normalized spacial score (nSPS) is 16.5. The molecule has 1 amide bonds. The summed E-state index contributed by atoms with van der Waals surface area (Å²) >= 11 is 5.73. The second-order valence-electron chi connectivity index (χ2n) is 5.09. The molecule has 1 saturated carbocycles. The molecule has 2 nitrogen and oxygen atoms in total. The number of nitrogens with one attached hydrogen (secondary N) is 1. The smallest absolute Gasteiger partial charge is 0.224 e. The fraction of sp³-hybridized carbons (Fsp3) is 0.533. The van der Waals surface area contributed by atoms with Crippen molar-refractivity contribution in [2.75, 3.05) is 5.32 Å². The number of amides is 1. The average Bonchev–Trinajstić information content (AvgIpc) is 2.40. The molecule has 18 heavy (non-hydrogen) atoms. The lowest BCUT2D eigenvalue weighted by Gasteiger charge is -2.20. The van der Waals surface area contributed by atoms with Crippen molar-refractivity contribution in [3.05, 3.63) is 29.8 Å². The van der Waals surface area contributed by atoms with Gasteiger partial charge in [0, 0.05) is 18.0 Å². The van der Waals surface area contributed by atoms with Crippen LogP contribution in [0.5, 0.6) is 0 Å². The summed E-state index contributed by atoms with van der Waals surface area (Å²) in [4.78, 5) is 11.9. The van der Waals surface area contributed by atoms with E-state index in [9.17, 15) is 4.79 Å². The third kappa shape index (κ3) is 4.02. The van der Waals surface area contributed by atoms with Crippen LogP contribution in [0.3, 0.4) is 0 Å². The number of benzene rings is 1. The number of hydrogen-bond acceptors (Lipinski definition) is 1. The highest BCUT2D eigenvalue weighted by molar-refractivity contribution is 6.17. The second kappa shape index (κ2) is 6.79. The molecule has 0 spiro atoms. The molecule has 0 aromatic heterocycles. The molecule has 0 atom stereocenters. The van der Waals surface area contributed by atoms with E-state index in [0.29, 0.717) is 18.2 Å². The molecule has 0 aliphatic heterocycles. The van der Waals surface area contributed by atoms with Crippen LogP contribution in [0, 0.1) is 5.92 Å². The van der Waals surface area contributed by atoms with Crippen molar-refractivity contribution in [2.24, 2.45) is 5.92 Å². The van der Waals surface area contributed by atoms with Crippen LogP contribution in [0.2, 0.25) is 0 Å². The summed E-state index contributed by atoms with van der Waals surface area (Å²) in [5.74, 6) is 1.23. The Labute approximate surface area is 114 Å². The number of hydrogen-bond donors (Lipinski definition) is 1. The number of alkyl halides is 1. The molecule has 2 rings (SSSR count). The Morgan fingerprint density at radius 3 is 2.44 bits per heavy atom. The minimum absolute atomic E-state index is 0.139. The molecule has 0 radical (unpaired) electrons. The average molecular weight is 266 g/mol. The maximum absolute atomic E-state index is 11.9. The van der Waals surface area contributed by atoms with E-state index in [1.54, 1.807) is 0 Å². The Morgan fingerprint density at radius 1 is 1.17 bits per heavy atom. The maximum atomic E-state index is 11.9. The molecule has 0 unspecified atom stereocenters. The van der Waals surface area contributed by atoms with E-state index in [2.05, 4.69) is 5.32 Å². The quantitative estimate of drug-likeness (QED) is 0.807. The first-order valence-corrected chi connectivity index (χ1v) is 7.26. The predicted octanol–water partition coefficient (Wildman–Crippen LogP) is 4.33. The summed E-state index contributed by atoms with van der Waals surface area (Å²) in [5, 5.41) is 2.96. The molecule has 1 fully saturated rings. The Bertz CT molecular complexity index is 382. The van der Waals surface area contributed by atoms with Gasteiger partial charge < -0.3 is 5.32 Å². The minimum atomic E-state index is 0.139. The first-order chi connectivity index (χ1) is 8.78. The zero-order valence-electron chi connectivity index (χ0n) is 10.6. The van der Waals surface area contributed by atoms with Crippen molar-refractivity contribution < 1.29 is 4.79 Å². The molecule has 1 aromatic rings. The van der Waals surface area contributed by atoms with Gasteiger partial charge in [0.2, 0.25) is 5.91 Å². The van der Waals surface area contributed by atoms with E-state index < -0.39 is 0 Å². The third-order valence-corrected chi connectivity index (χ3v) is 3.90. The molecule has 0 saturated heterocycles. The van der Waals surface area contributed by atoms with Crippen LogP contribution in [0.1, 0.15) is 44.1 Å². The fourth-order valence-electron chi connectivity index (χ4n) is 2.54. The summed E-state index contributed by atoms with van der Waals surface area (Å²) in [6.07, 6.45) is 6.97. The summed E-state index contributed by atoms with van der Waals surface area (Å²) < 4.78 is 0. The standard InChI is InChI=1S/C15H20ClNO/c16-11-13-6-8-14(9-7-13)17-15(18)10-12-4-2-1-3-5-12/h6-9,12H,1-5,10-11H2,(H,17,18). The first-order valence-electron chi connectivity index (χ1n) is 6.72. The van der Waals surface area contributed by atoms with E-state index in [1.807, 2.05) is 24.3 Å². The maximum Gasteiger partial charge on any atom is 0.224 e. The minimum Gasteiger partial charge on any atom is -0.326 e. The van der Waals surface area contributed by atoms with Gasteiger partial charge in [-0.25, -0.2) is 0 Å². The Balaban J connectivity index is 1.82. The van der Waals surface area contributed by atoms with Gasteiger partial charge in [0.1, 0.15) is 0 Å². The van der Waals surface area contributed by atoms with Crippen LogP contribution in [0.25, 0.3) is 0 Å². The summed E-state index contributed by atoms with van der Waals surface area (Å²) in [5.41, 5.74) is 1.94. The van der Waals surface area contributed by atoms with Crippen LogP contribution in [-0.4, -0.2) is 5.91 Å². The molecule has 0 bridgehead atoms. The van der Waals surface area contributed by atoms with Crippen molar-refractivity contribution in [3.63, 3.8) is 0 Å². The van der Waals surface area contributed by atoms with Gasteiger partial charge in [-0.3, -0.25) is 4.79 Å². The van der Waals surface area contributed by atoms with Gasteiger partial charge in [-0.05, 0) is 36.5 Å². The lowest BCUT2D eigenvalue weighted by Crippen LogP contribution is -2.18. The Morgan fingerprint density at radius 2 is 1.83 bits per heavy atom. The molecule has 1 aliphatic rings. The summed E-state index contributed by atoms with van der Waals surface area (Å²) in [6.45, 7) is 0. The number of halogens is 1. The molecular weight excluding hydrogens is 246 g/mol. The van der Waals surface area contributed by atoms with Crippen molar-refractivity contribution in [1.29, 1.82) is 0 Å². The van der Waals surface area contributed by atoms with Crippen molar-refractivity contribution in [2.45, 2.75) is 44.4 Å². The van der Waals surface area contributed by atoms with E-state index >= 15 is 0 Å². The highest BCUT2D eigenvalue weighted by Gasteiger charge is 2.16. The zero-order valence-corrected chi connectivity index (χ0v) is 11.4. The molecule has 1 N–H and O–H groups in total. The van der Waals surface area contributed by atoms with E-state index in [0.717, 1.165) is 11.3 Å². The highest BCUT2D eigenvalue weighted by atomic mass is 35.5. The van der Waals surface area contributed by atoms with Crippen molar-refractivity contribution in [1.82, 2.24) is 0 Å². The largest absolute Gasteiger partial charge is 0.326 e. The summed E-state index contributed by atoms with van der Waals surface area (Å²) in [6, 6.07) is 7.72. The van der Waals surface area contributed by atoms with Crippen molar-refractivity contribution >= 4 is 23.2 Å². The number of rotatable bonds is 4. The Kier molecular flexibility index (Phi) is 5.06. The molecule has 1 aliphatic carbocycles. The fourth-order valence-corrected chi connectivity index (χ4v) is 2.72. The SMILES string of the molecule is O=C(CC1CCCCC1)Nc1ccc(CCl)cc1. The summed E-state index contributed by atoms with van der Waals surface area (Å²) in [7, 11) is 0. The van der Waals surface area contributed by atoms with Gasteiger partial charge in [-0.15, -0.1) is 11.6 Å². The Hall–Kier alpha value is -1.02. The number of anilines is 1.